The van der Waals surface area contributed by atoms with Crippen LogP contribution in [-0.2, 0) is 0 Å². The van der Waals surface area contributed by atoms with E-state index in [1.807, 2.05) is 0 Å². The Morgan fingerprint density at radius 1 is 1.15 bits per heavy atom. The van der Waals surface area contributed by atoms with Crippen molar-refractivity contribution in [2.24, 2.45) is 23.7 Å². The second kappa shape index (κ2) is 7.79. The van der Waals surface area contributed by atoms with Gasteiger partial charge >= 0.3 is 0 Å². The van der Waals surface area contributed by atoms with Gasteiger partial charge in [0.1, 0.15) is 0 Å². The van der Waals surface area contributed by atoms with E-state index in [2.05, 4.69) is 37.9 Å². The zero-order chi connectivity index (χ0) is 14.5. The molecule has 0 aromatic heterocycles. The lowest BCUT2D eigenvalue weighted by Crippen LogP contribution is -2.50. The van der Waals surface area contributed by atoms with Crippen molar-refractivity contribution in [3.63, 3.8) is 0 Å². The SMILES string of the molecule is CCNC1CC(C)CC(C)C1CN1CCCC(CC)C1. The molecule has 0 aromatic rings. The molecule has 2 fully saturated rings. The van der Waals surface area contributed by atoms with Crippen LogP contribution in [0, 0.1) is 23.7 Å². The van der Waals surface area contributed by atoms with Crippen molar-refractivity contribution >= 4 is 0 Å². The first-order valence-corrected chi connectivity index (χ1v) is 9.09. The predicted octanol–water partition coefficient (Wildman–Crippen LogP) is 3.77. The number of hydrogen-bond acceptors (Lipinski definition) is 2. The van der Waals surface area contributed by atoms with Gasteiger partial charge in [0.15, 0.2) is 0 Å². The molecule has 0 radical (unpaired) electrons. The Hall–Kier alpha value is -0.0800. The summed E-state index contributed by atoms with van der Waals surface area (Å²) >= 11 is 0. The lowest BCUT2D eigenvalue weighted by molar-refractivity contribution is 0.0778. The second-order valence-corrected chi connectivity index (χ2v) is 7.56. The van der Waals surface area contributed by atoms with E-state index in [9.17, 15) is 0 Å². The Morgan fingerprint density at radius 2 is 1.95 bits per heavy atom. The Labute approximate surface area is 126 Å². The van der Waals surface area contributed by atoms with E-state index in [-0.39, 0.29) is 0 Å². The van der Waals surface area contributed by atoms with Gasteiger partial charge in [-0.25, -0.2) is 0 Å². The van der Waals surface area contributed by atoms with Crippen LogP contribution in [0.2, 0.25) is 0 Å². The van der Waals surface area contributed by atoms with Gasteiger partial charge in [0, 0.05) is 19.1 Å². The van der Waals surface area contributed by atoms with E-state index in [4.69, 9.17) is 0 Å². The van der Waals surface area contributed by atoms with Crippen molar-refractivity contribution in [2.45, 2.75) is 65.8 Å². The third kappa shape index (κ3) is 4.21. The normalized spacial score (nSPS) is 39.9. The summed E-state index contributed by atoms with van der Waals surface area (Å²) in [6.07, 6.45) is 7.05. The van der Waals surface area contributed by atoms with Gasteiger partial charge in [-0.2, -0.15) is 0 Å². The van der Waals surface area contributed by atoms with Crippen molar-refractivity contribution in [2.75, 3.05) is 26.2 Å². The summed E-state index contributed by atoms with van der Waals surface area (Å²) in [6, 6.07) is 0.751. The summed E-state index contributed by atoms with van der Waals surface area (Å²) in [4.78, 5) is 2.78. The molecule has 0 bridgehead atoms. The first-order valence-electron chi connectivity index (χ1n) is 9.09. The van der Waals surface area contributed by atoms with Gasteiger partial charge in [-0.3, -0.25) is 0 Å². The summed E-state index contributed by atoms with van der Waals surface area (Å²) in [5.41, 5.74) is 0. The minimum absolute atomic E-state index is 0.751. The molecule has 118 valence electrons. The van der Waals surface area contributed by atoms with Crippen LogP contribution < -0.4 is 5.32 Å². The van der Waals surface area contributed by atoms with Crippen LogP contribution in [0.3, 0.4) is 0 Å². The minimum atomic E-state index is 0.751. The molecule has 2 heteroatoms. The van der Waals surface area contributed by atoms with Crippen LogP contribution in [0.4, 0.5) is 0 Å². The molecule has 1 N–H and O–H groups in total. The van der Waals surface area contributed by atoms with Crippen molar-refractivity contribution in [1.29, 1.82) is 0 Å². The van der Waals surface area contributed by atoms with E-state index in [1.54, 1.807) is 0 Å². The maximum absolute atomic E-state index is 3.78. The number of nitrogens with one attached hydrogen (secondary N) is 1. The fourth-order valence-electron chi connectivity index (χ4n) is 4.66. The smallest absolute Gasteiger partial charge is 0.0112 e. The lowest BCUT2D eigenvalue weighted by atomic mass is 9.72. The van der Waals surface area contributed by atoms with E-state index in [0.29, 0.717) is 0 Å². The average Bonchev–Trinajstić information content (AvgIpc) is 2.43. The van der Waals surface area contributed by atoms with Gasteiger partial charge in [-0.05, 0) is 62.4 Å². The standard InChI is InChI=1S/C18H36N2/c1-5-16-8-7-9-20(12-16)13-17-15(4)10-14(3)11-18(17)19-6-2/h14-19H,5-13H2,1-4H3. The largest absolute Gasteiger partial charge is 0.314 e. The van der Waals surface area contributed by atoms with Crippen LogP contribution in [0.15, 0.2) is 0 Å². The fraction of sp³-hybridized carbons (Fsp3) is 1.00. The van der Waals surface area contributed by atoms with Gasteiger partial charge in [0.2, 0.25) is 0 Å². The Balaban J connectivity index is 1.93. The topological polar surface area (TPSA) is 15.3 Å². The number of rotatable bonds is 5. The molecule has 0 aromatic carbocycles. The molecule has 1 aliphatic heterocycles. The Kier molecular flexibility index (Phi) is 6.35. The minimum Gasteiger partial charge on any atom is -0.314 e. The van der Waals surface area contributed by atoms with Crippen LogP contribution in [0.1, 0.15) is 59.8 Å². The summed E-state index contributed by atoms with van der Waals surface area (Å²) in [7, 11) is 0. The number of likely N-dealkylation sites (tertiary alicyclic amines) is 1. The monoisotopic (exact) mass is 280 g/mol. The molecule has 2 rings (SSSR count). The average molecular weight is 280 g/mol. The van der Waals surface area contributed by atoms with Crippen molar-refractivity contribution in [3.8, 4) is 0 Å². The highest BCUT2D eigenvalue weighted by molar-refractivity contribution is 4.90. The van der Waals surface area contributed by atoms with Crippen LogP contribution in [0.25, 0.3) is 0 Å². The van der Waals surface area contributed by atoms with Crippen LogP contribution in [0.5, 0.6) is 0 Å². The Morgan fingerprint density at radius 3 is 2.65 bits per heavy atom. The molecule has 2 aliphatic rings. The molecule has 0 amide bonds. The van der Waals surface area contributed by atoms with E-state index < -0.39 is 0 Å². The molecule has 0 spiro atoms. The molecule has 1 aliphatic carbocycles. The van der Waals surface area contributed by atoms with Gasteiger partial charge in [-0.1, -0.05) is 34.1 Å². The number of piperidine rings is 1. The first kappa shape index (κ1) is 16.3. The maximum atomic E-state index is 3.78. The molecule has 1 saturated carbocycles. The molecule has 1 saturated heterocycles. The molecular weight excluding hydrogens is 244 g/mol. The van der Waals surface area contributed by atoms with E-state index in [1.165, 1.54) is 51.7 Å². The molecule has 20 heavy (non-hydrogen) atoms. The predicted molar refractivity (Wildman–Crippen MR) is 88.0 cm³/mol. The summed E-state index contributed by atoms with van der Waals surface area (Å²) in [6.45, 7) is 14.7. The summed E-state index contributed by atoms with van der Waals surface area (Å²) < 4.78 is 0. The number of hydrogen-bond donors (Lipinski definition) is 1. The molecular formula is C18H36N2. The lowest BCUT2D eigenvalue weighted by Gasteiger charge is -2.44. The summed E-state index contributed by atoms with van der Waals surface area (Å²) in [5, 5.41) is 3.78. The Bertz CT molecular complexity index is 279. The quantitative estimate of drug-likeness (QED) is 0.824. The molecule has 1 heterocycles. The highest BCUT2D eigenvalue weighted by Gasteiger charge is 2.35. The van der Waals surface area contributed by atoms with Crippen molar-refractivity contribution in [1.82, 2.24) is 10.2 Å². The van der Waals surface area contributed by atoms with Crippen LogP contribution >= 0.6 is 0 Å². The fourth-order valence-corrected chi connectivity index (χ4v) is 4.66. The molecule has 2 nitrogen and oxygen atoms in total. The van der Waals surface area contributed by atoms with E-state index in [0.717, 1.165) is 36.3 Å². The van der Waals surface area contributed by atoms with E-state index >= 15 is 0 Å². The number of nitrogens with zero attached hydrogens (tertiary/aromatic N) is 1. The zero-order valence-corrected chi connectivity index (χ0v) is 14.2. The second-order valence-electron chi connectivity index (χ2n) is 7.56. The molecule has 5 unspecified atom stereocenters. The third-order valence-corrected chi connectivity index (χ3v) is 5.79. The highest BCUT2D eigenvalue weighted by Crippen LogP contribution is 2.35. The van der Waals surface area contributed by atoms with Crippen molar-refractivity contribution < 1.29 is 0 Å². The third-order valence-electron chi connectivity index (χ3n) is 5.79. The first-order chi connectivity index (χ1) is 9.63. The van der Waals surface area contributed by atoms with Crippen LogP contribution in [-0.4, -0.2) is 37.1 Å². The van der Waals surface area contributed by atoms with Gasteiger partial charge in [0.25, 0.3) is 0 Å². The zero-order valence-electron chi connectivity index (χ0n) is 14.2. The van der Waals surface area contributed by atoms with Gasteiger partial charge in [-0.15, -0.1) is 0 Å². The summed E-state index contributed by atoms with van der Waals surface area (Å²) in [5.74, 6) is 3.60. The molecule has 5 atom stereocenters. The van der Waals surface area contributed by atoms with Gasteiger partial charge < -0.3 is 10.2 Å². The highest BCUT2D eigenvalue weighted by atomic mass is 15.1. The van der Waals surface area contributed by atoms with Gasteiger partial charge in [0.05, 0.1) is 0 Å². The van der Waals surface area contributed by atoms with Crippen molar-refractivity contribution in [3.05, 3.63) is 0 Å². The maximum Gasteiger partial charge on any atom is 0.0112 e.